The van der Waals surface area contributed by atoms with Crippen LogP contribution in [0.5, 0.6) is 0 Å². The zero-order valence-electron chi connectivity index (χ0n) is 15.9. The maximum atomic E-state index is 12.7. The molecule has 26 heavy (non-hydrogen) atoms. The minimum atomic E-state index is -0.0918. The summed E-state index contributed by atoms with van der Waals surface area (Å²) in [5.41, 5.74) is 3.40. The molecule has 0 radical (unpaired) electrons. The van der Waals surface area contributed by atoms with Gasteiger partial charge in [-0.25, -0.2) is 4.68 Å². The number of piperidine rings is 1. The van der Waals surface area contributed by atoms with Crippen molar-refractivity contribution < 1.29 is 4.79 Å². The second-order valence-electron chi connectivity index (χ2n) is 7.51. The molecule has 2 heterocycles. The van der Waals surface area contributed by atoms with Crippen molar-refractivity contribution in [3.05, 3.63) is 46.2 Å². The van der Waals surface area contributed by atoms with Crippen molar-refractivity contribution in [3.63, 3.8) is 0 Å². The highest BCUT2D eigenvalue weighted by Gasteiger charge is 2.22. The Morgan fingerprint density at radius 1 is 1.27 bits per heavy atom. The Balaban J connectivity index is 1.84. The largest absolute Gasteiger partial charge is 0.348 e. The normalized spacial score (nSPS) is 16.2. The summed E-state index contributed by atoms with van der Waals surface area (Å²) in [6, 6.07) is 7.94. The van der Waals surface area contributed by atoms with Gasteiger partial charge in [0, 0.05) is 16.8 Å². The molecule has 2 aromatic rings. The molecule has 1 aromatic carbocycles. The molecular weight excluding hydrogens is 348 g/mol. The highest BCUT2D eigenvalue weighted by molar-refractivity contribution is 6.31. The van der Waals surface area contributed by atoms with Crippen LogP contribution in [0.15, 0.2) is 24.3 Å². The third kappa shape index (κ3) is 4.10. The minimum Gasteiger partial charge on any atom is -0.348 e. The molecule has 0 unspecified atom stereocenters. The van der Waals surface area contributed by atoms with Gasteiger partial charge in [0.1, 0.15) is 0 Å². The van der Waals surface area contributed by atoms with E-state index >= 15 is 0 Å². The van der Waals surface area contributed by atoms with Crippen LogP contribution in [0.2, 0.25) is 5.02 Å². The Bertz CT molecular complexity index is 791. The van der Waals surface area contributed by atoms with E-state index in [9.17, 15) is 4.79 Å². The zero-order chi connectivity index (χ0) is 18.8. The first-order valence-electron chi connectivity index (χ1n) is 9.21. The molecule has 6 heteroatoms. The summed E-state index contributed by atoms with van der Waals surface area (Å²) < 4.78 is 1.86. The summed E-state index contributed by atoms with van der Waals surface area (Å²) in [5, 5.41) is 8.48. The van der Waals surface area contributed by atoms with Crippen LogP contribution in [0.3, 0.4) is 0 Å². The van der Waals surface area contributed by atoms with Crippen LogP contribution in [0, 0.1) is 6.92 Å². The van der Waals surface area contributed by atoms with Crippen LogP contribution in [0.4, 0.5) is 0 Å². The van der Waals surface area contributed by atoms with Crippen molar-refractivity contribution >= 4 is 17.5 Å². The fourth-order valence-electron chi connectivity index (χ4n) is 3.30. The Morgan fingerprint density at radius 3 is 2.58 bits per heavy atom. The average Bonchev–Trinajstić information content (AvgIpc) is 3.05. The van der Waals surface area contributed by atoms with Gasteiger partial charge in [-0.05, 0) is 75.6 Å². The lowest BCUT2D eigenvalue weighted by Crippen LogP contribution is -2.43. The number of halogens is 1. The van der Waals surface area contributed by atoms with Crippen molar-refractivity contribution in [2.75, 3.05) is 20.1 Å². The fraction of sp³-hybridized carbons (Fsp3) is 0.500. The molecule has 0 bridgehead atoms. The van der Waals surface area contributed by atoms with Gasteiger partial charge in [-0.3, -0.25) is 4.79 Å². The number of benzene rings is 1. The summed E-state index contributed by atoms with van der Waals surface area (Å²) in [7, 11) is 2.11. The number of hydrogen-bond acceptors (Lipinski definition) is 3. The third-order valence-corrected chi connectivity index (χ3v) is 5.43. The van der Waals surface area contributed by atoms with E-state index in [2.05, 4.69) is 36.2 Å². The standard InChI is InChI=1S/C20H27ClN4O/c1-13(2)19-12-18(20(26)22-15-7-9-24(4)10-8-15)23-25(19)16-5-6-17(21)14(3)11-16/h5-6,11-13,15H,7-10H2,1-4H3,(H,22,26). The van der Waals surface area contributed by atoms with Gasteiger partial charge in [-0.2, -0.15) is 5.10 Å². The molecule has 5 nitrogen and oxygen atoms in total. The molecule has 0 atom stereocenters. The lowest BCUT2D eigenvalue weighted by molar-refractivity contribution is 0.0911. The number of likely N-dealkylation sites (tertiary alicyclic amines) is 1. The maximum absolute atomic E-state index is 12.7. The first-order valence-corrected chi connectivity index (χ1v) is 9.59. The minimum absolute atomic E-state index is 0.0918. The van der Waals surface area contributed by atoms with Crippen LogP contribution >= 0.6 is 11.6 Å². The molecule has 0 saturated carbocycles. The second kappa shape index (κ2) is 7.80. The van der Waals surface area contributed by atoms with Crippen molar-refractivity contribution in [1.29, 1.82) is 0 Å². The molecule has 1 fully saturated rings. The monoisotopic (exact) mass is 374 g/mol. The van der Waals surface area contributed by atoms with Crippen LogP contribution in [0.25, 0.3) is 5.69 Å². The maximum Gasteiger partial charge on any atom is 0.272 e. The van der Waals surface area contributed by atoms with E-state index in [4.69, 9.17) is 11.6 Å². The molecule has 0 spiro atoms. The number of carbonyl (C=O) groups excluding carboxylic acids is 1. The molecule has 1 N–H and O–H groups in total. The Morgan fingerprint density at radius 2 is 1.96 bits per heavy atom. The Hall–Kier alpha value is -1.85. The average molecular weight is 375 g/mol. The van der Waals surface area contributed by atoms with Crippen molar-refractivity contribution in [2.24, 2.45) is 0 Å². The van der Waals surface area contributed by atoms with Crippen molar-refractivity contribution in [3.8, 4) is 5.69 Å². The van der Waals surface area contributed by atoms with Gasteiger partial charge in [-0.1, -0.05) is 25.4 Å². The summed E-state index contributed by atoms with van der Waals surface area (Å²) in [5.74, 6) is 0.161. The highest BCUT2D eigenvalue weighted by Crippen LogP contribution is 2.24. The van der Waals surface area contributed by atoms with E-state index in [1.807, 2.05) is 35.9 Å². The zero-order valence-corrected chi connectivity index (χ0v) is 16.7. The molecular formula is C20H27ClN4O. The molecule has 1 aliphatic heterocycles. The van der Waals surface area contributed by atoms with E-state index in [-0.39, 0.29) is 17.9 Å². The number of nitrogens with one attached hydrogen (secondary N) is 1. The van der Waals surface area contributed by atoms with Gasteiger partial charge in [0.05, 0.1) is 5.69 Å². The van der Waals surface area contributed by atoms with E-state index in [0.717, 1.165) is 47.9 Å². The summed E-state index contributed by atoms with van der Waals surface area (Å²) in [6.07, 6.45) is 1.97. The van der Waals surface area contributed by atoms with E-state index in [0.29, 0.717) is 5.69 Å². The summed E-state index contributed by atoms with van der Waals surface area (Å²) in [4.78, 5) is 15.0. The van der Waals surface area contributed by atoms with E-state index in [1.54, 1.807) is 0 Å². The number of hydrogen-bond donors (Lipinski definition) is 1. The quantitative estimate of drug-likeness (QED) is 0.885. The predicted molar refractivity (Wildman–Crippen MR) is 105 cm³/mol. The van der Waals surface area contributed by atoms with Gasteiger partial charge in [-0.15, -0.1) is 0 Å². The van der Waals surface area contributed by atoms with Gasteiger partial charge in [0.25, 0.3) is 5.91 Å². The van der Waals surface area contributed by atoms with Crippen LogP contribution in [-0.2, 0) is 0 Å². The first-order chi connectivity index (χ1) is 12.3. The van der Waals surface area contributed by atoms with Crippen LogP contribution in [-0.4, -0.2) is 46.8 Å². The number of aromatic nitrogens is 2. The first kappa shape index (κ1) is 18.9. The van der Waals surface area contributed by atoms with Gasteiger partial charge < -0.3 is 10.2 Å². The summed E-state index contributed by atoms with van der Waals surface area (Å²) in [6.45, 7) is 8.21. The highest BCUT2D eigenvalue weighted by atomic mass is 35.5. The molecule has 1 aromatic heterocycles. The number of nitrogens with zero attached hydrogens (tertiary/aromatic N) is 3. The molecule has 3 rings (SSSR count). The lowest BCUT2D eigenvalue weighted by atomic mass is 10.1. The third-order valence-electron chi connectivity index (χ3n) is 5.00. The van der Waals surface area contributed by atoms with E-state index < -0.39 is 0 Å². The van der Waals surface area contributed by atoms with Crippen molar-refractivity contribution in [1.82, 2.24) is 20.0 Å². The van der Waals surface area contributed by atoms with Crippen molar-refractivity contribution in [2.45, 2.75) is 45.6 Å². The molecule has 140 valence electrons. The van der Waals surface area contributed by atoms with Gasteiger partial charge in [0.2, 0.25) is 0 Å². The lowest BCUT2D eigenvalue weighted by Gasteiger charge is -2.29. The molecule has 1 amide bonds. The van der Waals surface area contributed by atoms with Gasteiger partial charge >= 0.3 is 0 Å². The molecule has 0 aliphatic carbocycles. The summed E-state index contributed by atoms with van der Waals surface area (Å²) >= 11 is 6.15. The van der Waals surface area contributed by atoms with Crippen LogP contribution in [0.1, 0.15) is 54.4 Å². The Labute approximate surface area is 160 Å². The van der Waals surface area contributed by atoms with Crippen LogP contribution < -0.4 is 5.32 Å². The van der Waals surface area contributed by atoms with Gasteiger partial charge in [0.15, 0.2) is 5.69 Å². The number of aryl methyl sites for hydroxylation is 1. The number of amides is 1. The SMILES string of the molecule is Cc1cc(-n2nc(C(=O)NC3CCN(C)CC3)cc2C(C)C)ccc1Cl. The topological polar surface area (TPSA) is 50.2 Å². The molecule has 1 aliphatic rings. The number of rotatable bonds is 4. The van der Waals surface area contributed by atoms with E-state index in [1.165, 1.54) is 0 Å². The molecule has 1 saturated heterocycles. The fourth-order valence-corrected chi connectivity index (χ4v) is 3.41. The second-order valence-corrected chi connectivity index (χ2v) is 7.91. The predicted octanol–water partition coefficient (Wildman–Crippen LogP) is 3.78. The smallest absolute Gasteiger partial charge is 0.272 e. The Kier molecular flexibility index (Phi) is 5.68. The number of carbonyl (C=O) groups is 1.